The second-order valence-corrected chi connectivity index (χ2v) is 5.16. The summed E-state index contributed by atoms with van der Waals surface area (Å²) in [7, 11) is 1.76. The van der Waals surface area contributed by atoms with Crippen molar-refractivity contribution < 1.29 is 9.18 Å². The summed E-state index contributed by atoms with van der Waals surface area (Å²) in [6, 6.07) is 8.15. The maximum absolute atomic E-state index is 12.9. The third kappa shape index (κ3) is 3.68. The van der Waals surface area contributed by atoms with Crippen LogP contribution in [0.5, 0.6) is 0 Å². The highest BCUT2D eigenvalue weighted by Gasteiger charge is 2.14. The molecule has 2 rings (SSSR count). The van der Waals surface area contributed by atoms with Crippen LogP contribution < -0.4 is 5.32 Å². The molecule has 0 aliphatic heterocycles. The maximum atomic E-state index is 12.9. The number of benzene rings is 1. The summed E-state index contributed by atoms with van der Waals surface area (Å²) < 4.78 is 14.5. The minimum Gasteiger partial charge on any atom is -0.350 e. The number of hydrogen-bond acceptors (Lipinski definition) is 2. The van der Waals surface area contributed by atoms with Gasteiger partial charge in [-0.15, -0.1) is 0 Å². The van der Waals surface area contributed by atoms with Crippen LogP contribution in [-0.2, 0) is 13.5 Å². The van der Waals surface area contributed by atoms with Gasteiger partial charge in [0.25, 0.3) is 5.91 Å². The summed E-state index contributed by atoms with van der Waals surface area (Å²) in [4.78, 5) is 12.2. The lowest BCUT2D eigenvalue weighted by Gasteiger charge is -2.13. The lowest BCUT2D eigenvalue weighted by molar-refractivity contribution is 0.0942. The molecule has 0 aliphatic carbocycles. The second-order valence-electron chi connectivity index (χ2n) is 5.16. The van der Waals surface area contributed by atoms with Gasteiger partial charge in [-0.25, -0.2) is 4.39 Å². The third-order valence-corrected chi connectivity index (χ3v) is 3.53. The molecule has 112 valence electrons. The molecule has 0 saturated heterocycles. The summed E-state index contributed by atoms with van der Waals surface area (Å²) in [5, 5.41) is 7.16. The fraction of sp³-hybridized carbons (Fsp3) is 0.375. The Labute approximate surface area is 124 Å². The molecule has 5 heteroatoms. The number of nitrogens with zero attached hydrogens (tertiary/aromatic N) is 2. The number of aromatic nitrogens is 2. The molecule has 21 heavy (non-hydrogen) atoms. The fourth-order valence-corrected chi connectivity index (χ4v) is 2.16. The number of carbonyl (C=O) groups excluding carboxylic acids is 1. The number of nitrogens with one attached hydrogen (secondary N) is 1. The first-order valence-electron chi connectivity index (χ1n) is 7.07. The Morgan fingerprint density at radius 1 is 1.38 bits per heavy atom. The average Bonchev–Trinajstić information content (AvgIpc) is 2.86. The van der Waals surface area contributed by atoms with Gasteiger partial charge in [-0.2, -0.15) is 5.10 Å². The van der Waals surface area contributed by atoms with E-state index in [1.54, 1.807) is 29.9 Å². The van der Waals surface area contributed by atoms with Crippen molar-refractivity contribution in [1.29, 1.82) is 0 Å². The molecule has 0 saturated carbocycles. The lowest BCUT2D eigenvalue weighted by atomic mass is 10.0. The molecular formula is C16H20FN3O. The van der Waals surface area contributed by atoms with Gasteiger partial charge in [0.2, 0.25) is 0 Å². The summed E-state index contributed by atoms with van der Waals surface area (Å²) in [6.07, 6.45) is 0.799. The highest BCUT2D eigenvalue weighted by atomic mass is 19.1. The van der Waals surface area contributed by atoms with Crippen LogP contribution in [0.4, 0.5) is 4.39 Å². The number of amides is 1. The average molecular weight is 289 g/mol. The molecule has 0 spiro atoms. The Balaban J connectivity index is 1.97. The number of halogens is 1. The van der Waals surface area contributed by atoms with E-state index in [1.807, 2.05) is 13.8 Å². The van der Waals surface area contributed by atoms with Gasteiger partial charge in [0.05, 0.1) is 5.69 Å². The molecule has 1 unspecified atom stereocenters. The number of carbonyl (C=O) groups is 1. The van der Waals surface area contributed by atoms with Crippen molar-refractivity contribution in [2.75, 3.05) is 6.54 Å². The SMILES string of the molecule is CCc1cc(C(=O)NCC(C)c2ccc(F)cc2)n(C)n1. The molecule has 1 heterocycles. The van der Waals surface area contributed by atoms with Crippen LogP contribution in [0.25, 0.3) is 0 Å². The first-order valence-corrected chi connectivity index (χ1v) is 7.07. The molecule has 1 atom stereocenters. The molecule has 2 aromatic rings. The smallest absolute Gasteiger partial charge is 0.269 e. The summed E-state index contributed by atoms with van der Waals surface area (Å²) >= 11 is 0. The molecular weight excluding hydrogens is 269 g/mol. The molecule has 0 fully saturated rings. The van der Waals surface area contributed by atoms with E-state index in [1.165, 1.54) is 12.1 Å². The number of hydrogen-bond donors (Lipinski definition) is 1. The predicted molar refractivity (Wildman–Crippen MR) is 79.7 cm³/mol. The van der Waals surface area contributed by atoms with Crippen molar-refractivity contribution in [3.63, 3.8) is 0 Å². The second kappa shape index (κ2) is 6.52. The Hall–Kier alpha value is -2.17. The van der Waals surface area contributed by atoms with E-state index in [-0.39, 0.29) is 17.6 Å². The van der Waals surface area contributed by atoms with Crippen LogP contribution in [0.15, 0.2) is 30.3 Å². The van der Waals surface area contributed by atoms with E-state index in [4.69, 9.17) is 0 Å². The predicted octanol–water partition coefficient (Wildman–Crippen LogP) is 2.66. The van der Waals surface area contributed by atoms with Gasteiger partial charge in [0, 0.05) is 13.6 Å². The first-order chi connectivity index (χ1) is 10.0. The molecule has 1 N–H and O–H groups in total. The van der Waals surface area contributed by atoms with Crippen molar-refractivity contribution in [3.8, 4) is 0 Å². The van der Waals surface area contributed by atoms with Crippen molar-refractivity contribution >= 4 is 5.91 Å². The molecule has 0 aliphatic rings. The van der Waals surface area contributed by atoms with E-state index in [9.17, 15) is 9.18 Å². The van der Waals surface area contributed by atoms with Crippen molar-refractivity contribution in [2.45, 2.75) is 26.2 Å². The lowest BCUT2D eigenvalue weighted by Crippen LogP contribution is -2.29. The number of aryl methyl sites for hydroxylation is 2. The van der Waals surface area contributed by atoms with Gasteiger partial charge in [-0.1, -0.05) is 26.0 Å². The third-order valence-electron chi connectivity index (χ3n) is 3.53. The minimum atomic E-state index is -0.253. The zero-order valence-electron chi connectivity index (χ0n) is 12.6. The van der Waals surface area contributed by atoms with Crippen LogP contribution in [0.3, 0.4) is 0 Å². The highest BCUT2D eigenvalue weighted by Crippen LogP contribution is 2.15. The zero-order valence-corrected chi connectivity index (χ0v) is 12.6. The summed E-state index contributed by atoms with van der Waals surface area (Å²) in [6.45, 7) is 4.49. The van der Waals surface area contributed by atoms with Crippen LogP contribution in [0, 0.1) is 5.82 Å². The summed E-state index contributed by atoms with van der Waals surface area (Å²) in [5.41, 5.74) is 2.45. The first kappa shape index (κ1) is 15.2. The van der Waals surface area contributed by atoms with Gasteiger partial charge in [-0.05, 0) is 36.1 Å². The van der Waals surface area contributed by atoms with Crippen LogP contribution >= 0.6 is 0 Å². The van der Waals surface area contributed by atoms with E-state index < -0.39 is 0 Å². The van der Waals surface area contributed by atoms with Gasteiger partial charge < -0.3 is 5.32 Å². The van der Waals surface area contributed by atoms with E-state index in [0.29, 0.717) is 12.2 Å². The normalized spacial score (nSPS) is 12.2. The Morgan fingerprint density at radius 2 is 2.05 bits per heavy atom. The molecule has 1 aromatic carbocycles. The largest absolute Gasteiger partial charge is 0.350 e. The zero-order chi connectivity index (χ0) is 15.4. The Bertz CT molecular complexity index is 619. The monoisotopic (exact) mass is 289 g/mol. The van der Waals surface area contributed by atoms with Crippen LogP contribution in [0.2, 0.25) is 0 Å². The fourth-order valence-electron chi connectivity index (χ4n) is 2.16. The molecule has 4 nitrogen and oxygen atoms in total. The highest BCUT2D eigenvalue weighted by molar-refractivity contribution is 5.92. The number of rotatable bonds is 5. The summed E-state index contributed by atoms with van der Waals surface area (Å²) in [5.74, 6) is -0.274. The van der Waals surface area contributed by atoms with Crippen molar-refractivity contribution in [3.05, 3.63) is 53.1 Å². The standard InChI is InChI=1S/C16H20FN3O/c1-4-14-9-15(20(3)19-14)16(21)18-10-11(2)12-5-7-13(17)8-6-12/h5-9,11H,4,10H2,1-3H3,(H,18,21). The minimum absolute atomic E-state index is 0.119. The van der Waals surface area contributed by atoms with Crippen molar-refractivity contribution in [1.82, 2.24) is 15.1 Å². The molecule has 1 amide bonds. The molecule has 0 radical (unpaired) electrons. The Kier molecular flexibility index (Phi) is 4.73. The molecule has 0 bridgehead atoms. The van der Waals surface area contributed by atoms with Crippen LogP contribution in [0.1, 0.15) is 41.5 Å². The van der Waals surface area contributed by atoms with Gasteiger partial charge >= 0.3 is 0 Å². The van der Waals surface area contributed by atoms with Crippen molar-refractivity contribution in [2.24, 2.45) is 7.05 Å². The van der Waals surface area contributed by atoms with Gasteiger partial charge in [0.15, 0.2) is 0 Å². The topological polar surface area (TPSA) is 46.9 Å². The maximum Gasteiger partial charge on any atom is 0.269 e. The van der Waals surface area contributed by atoms with E-state index >= 15 is 0 Å². The Morgan fingerprint density at radius 3 is 2.62 bits per heavy atom. The molecule has 1 aromatic heterocycles. The van der Waals surface area contributed by atoms with Gasteiger partial charge in [0.1, 0.15) is 11.5 Å². The van der Waals surface area contributed by atoms with E-state index in [2.05, 4.69) is 10.4 Å². The quantitative estimate of drug-likeness (QED) is 0.920. The van der Waals surface area contributed by atoms with Gasteiger partial charge in [-0.3, -0.25) is 9.48 Å². The van der Waals surface area contributed by atoms with Crippen LogP contribution in [-0.4, -0.2) is 22.2 Å². The van der Waals surface area contributed by atoms with E-state index in [0.717, 1.165) is 17.7 Å².